The van der Waals surface area contributed by atoms with E-state index in [0.29, 0.717) is 18.8 Å². The molecule has 1 N–H and O–H groups in total. The van der Waals surface area contributed by atoms with Crippen molar-refractivity contribution in [3.8, 4) is 0 Å². The highest BCUT2D eigenvalue weighted by atomic mass is 16.5. The Kier molecular flexibility index (Phi) is 4.04. The molecule has 5 nitrogen and oxygen atoms in total. The van der Waals surface area contributed by atoms with Crippen molar-refractivity contribution in [3.05, 3.63) is 23.8 Å². The van der Waals surface area contributed by atoms with Gasteiger partial charge in [-0.2, -0.15) is 0 Å². The fourth-order valence-corrected chi connectivity index (χ4v) is 2.34. The van der Waals surface area contributed by atoms with Crippen LogP contribution in [0.25, 0.3) is 0 Å². The minimum Gasteiger partial charge on any atom is -0.450 e. The predicted octanol–water partition coefficient (Wildman–Crippen LogP) is 2.55. The lowest BCUT2D eigenvalue weighted by atomic mass is 10.0. The summed E-state index contributed by atoms with van der Waals surface area (Å²) >= 11 is 0. The Balaban J connectivity index is 2.34. The van der Waals surface area contributed by atoms with E-state index in [4.69, 9.17) is 4.74 Å². The van der Waals surface area contributed by atoms with Crippen LogP contribution in [0.4, 0.5) is 16.2 Å². The van der Waals surface area contributed by atoms with Crippen molar-refractivity contribution in [2.45, 2.75) is 26.7 Å². The first-order valence-corrected chi connectivity index (χ1v) is 6.47. The van der Waals surface area contributed by atoms with Crippen LogP contribution in [0.5, 0.6) is 0 Å². The van der Waals surface area contributed by atoms with Crippen LogP contribution in [-0.4, -0.2) is 25.2 Å². The number of benzene rings is 1. The Bertz CT molecular complexity index is 499. The molecule has 0 bridgehead atoms. The third kappa shape index (κ3) is 2.86. The fourth-order valence-electron chi connectivity index (χ4n) is 2.34. The molecule has 2 rings (SSSR count). The van der Waals surface area contributed by atoms with E-state index in [9.17, 15) is 9.59 Å². The molecule has 0 saturated carbocycles. The molecule has 0 saturated heterocycles. The topological polar surface area (TPSA) is 58.6 Å². The van der Waals surface area contributed by atoms with E-state index < -0.39 is 6.09 Å². The summed E-state index contributed by atoms with van der Waals surface area (Å²) in [6.45, 7) is 4.29. The van der Waals surface area contributed by atoms with Crippen molar-refractivity contribution in [2.75, 3.05) is 23.4 Å². The first-order valence-electron chi connectivity index (χ1n) is 6.47. The number of nitrogens with one attached hydrogen (secondary N) is 1. The lowest BCUT2D eigenvalue weighted by Crippen LogP contribution is -2.34. The molecule has 0 aliphatic carbocycles. The average Bonchev–Trinajstić information content (AvgIpc) is 2.38. The number of carbonyl (C=O) groups is 2. The number of hydrogen-bond donors (Lipinski definition) is 1. The lowest BCUT2D eigenvalue weighted by Gasteiger charge is -2.30. The first-order chi connectivity index (χ1) is 9.13. The zero-order valence-corrected chi connectivity index (χ0v) is 11.2. The van der Waals surface area contributed by atoms with E-state index in [2.05, 4.69) is 5.32 Å². The third-order valence-corrected chi connectivity index (χ3v) is 3.11. The van der Waals surface area contributed by atoms with Gasteiger partial charge in [-0.3, -0.25) is 10.1 Å². The number of aryl methyl sites for hydroxylation is 1. The summed E-state index contributed by atoms with van der Waals surface area (Å²) in [5.74, 6) is -0.0148. The zero-order chi connectivity index (χ0) is 13.8. The Morgan fingerprint density at radius 3 is 2.89 bits per heavy atom. The molecule has 0 atom stereocenters. The number of para-hydroxylation sites is 1. The minimum atomic E-state index is -0.495. The van der Waals surface area contributed by atoms with Gasteiger partial charge in [0.25, 0.3) is 0 Å². The molecule has 5 heteroatoms. The Morgan fingerprint density at radius 2 is 2.21 bits per heavy atom. The Labute approximate surface area is 112 Å². The van der Waals surface area contributed by atoms with Gasteiger partial charge in [0, 0.05) is 13.5 Å². The standard InChI is InChI=1S/C14H18N2O3/c1-3-19-14(18)15-12-8-4-6-11-7-5-9-16(10(2)17)13(11)12/h4,6,8H,3,5,7,9H2,1-2H3,(H,15,18). The second-order valence-corrected chi connectivity index (χ2v) is 4.43. The van der Waals surface area contributed by atoms with Gasteiger partial charge in [0.1, 0.15) is 0 Å². The molecular formula is C14H18N2O3. The molecule has 102 valence electrons. The maximum atomic E-state index is 11.7. The molecule has 1 aromatic carbocycles. The van der Waals surface area contributed by atoms with Gasteiger partial charge in [-0.25, -0.2) is 4.79 Å². The summed E-state index contributed by atoms with van der Waals surface area (Å²) in [5, 5.41) is 2.70. The van der Waals surface area contributed by atoms with Crippen LogP contribution >= 0.6 is 0 Å². The summed E-state index contributed by atoms with van der Waals surface area (Å²) in [4.78, 5) is 25.0. The Morgan fingerprint density at radius 1 is 1.42 bits per heavy atom. The SMILES string of the molecule is CCOC(=O)Nc1cccc2c1N(C(C)=O)CCC2. The van der Waals surface area contributed by atoms with E-state index in [1.54, 1.807) is 17.9 Å². The number of fused-ring (bicyclic) bond motifs is 1. The van der Waals surface area contributed by atoms with Gasteiger partial charge in [-0.1, -0.05) is 12.1 Å². The maximum Gasteiger partial charge on any atom is 0.411 e. The van der Waals surface area contributed by atoms with Crippen molar-refractivity contribution < 1.29 is 14.3 Å². The van der Waals surface area contributed by atoms with Gasteiger partial charge in [0.05, 0.1) is 18.0 Å². The van der Waals surface area contributed by atoms with Crippen molar-refractivity contribution in [1.82, 2.24) is 0 Å². The molecule has 19 heavy (non-hydrogen) atoms. The lowest BCUT2D eigenvalue weighted by molar-refractivity contribution is -0.116. The van der Waals surface area contributed by atoms with Crippen LogP contribution in [-0.2, 0) is 16.0 Å². The van der Waals surface area contributed by atoms with Gasteiger partial charge in [0.2, 0.25) is 5.91 Å². The van der Waals surface area contributed by atoms with Crippen molar-refractivity contribution in [1.29, 1.82) is 0 Å². The highest BCUT2D eigenvalue weighted by Gasteiger charge is 2.23. The van der Waals surface area contributed by atoms with Gasteiger partial charge < -0.3 is 9.64 Å². The van der Waals surface area contributed by atoms with E-state index >= 15 is 0 Å². The summed E-state index contributed by atoms with van der Waals surface area (Å²) in [7, 11) is 0. The molecule has 2 amide bonds. The summed E-state index contributed by atoms with van der Waals surface area (Å²) in [5.41, 5.74) is 2.51. The molecule has 0 aromatic heterocycles. The van der Waals surface area contributed by atoms with Gasteiger partial charge in [0.15, 0.2) is 0 Å². The Hall–Kier alpha value is -2.04. The van der Waals surface area contributed by atoms with E-state index in [0.717, 1.165) is 24.1 Å². The van der Waals surface area contributed by atoms with Gasteiger partial charge in [-0.15, -0.1) is 0 Å². The highest BCUT2D eigenvalue weighted by Crippen LogP contribution is 2.34. The minimum absolute atomic E-state index is 0.0148. The molecule has 0 spiro atoms. The normalized spacial score (nSPS) is 13.7. The summed E-state index contributed by atoms with van der Waals surface area (Å²) < 4.78 is 4.88. The number of hydrogen-bond acceptors (Lipinski definition) is 3. The molecule has 1 aliphatic heterocycles. The predicted molar refractivity (Wildman–Crippen MR) is 73.4 cm³/mol. The molecule has 0 fully saturated rings. The molecule has 0 radical (unpaired) electrons. The smallest absolute Gasteiger partial charge is 0.411 e. The number of carbonyl (C=O) groups excluding carboxylic acids is 2. The second-order valence-electron chi connectivity index (χ2n) is 4.43. The van der Waals surface area contributed by atoms with Crippen LogP contribution in [0.3, 0.4) is 0 Å². The summed E-state index contributed by atoms with van der Waals surface area (Å²) in [6.07, 6.45) is 1.36. The zero-order valence-electron chi connectivity index (χ0n) is 11.2. The van der Waals surface area contributed by atoms with Crippen LogP contribution < -0.4 is 10.2 Å². The number of nitrogens with zero attached hydrogens (tertiary/aromatic N) is 1. The monoisotopic (exact) mass is 262 g/mol. The number of rotatable bonds is 2. The number of anilines is 2. The third-order valence-electron chi connectivity index (χ3n) is 3.11. The first kappa shape index (κ1) is 13.4. The maximum absolute atomic E-state index is 11.7. The summed E-state index contributed by atoms with van der Waals surface area (Å²) in [6, 6.07) is 5.65. The molecule has 1 aliphatic rings. The quantitative estimate of drug-likeness (QED) is 0.891. The highest BCUT2D eigenvalue weighted by molar-refractivity contribution is 6.00. The van der Waals surface area contributed by atoms with E-state index in [1.807, 2.05) is 12.1 Å². The molecular weight excluding hydrogens is 244 g/mol. The second kappa shape index (κ2) is 5.73. The van der Waals surface area contributed by atoms with E-state index in [-0.39, 0.29) is 5.91 Å². The largest absolute Gasteiger partial charge is 0.450 e. The van der Waals surface area contributed by atoms with Crippen molar-refractivity contribution >= 4 is 23.4 Å². The van der Waals surface area contributed by atoms with Gasteiger partial charge in [-0.05, 0) is 31.4 Å². The van der Waals surface area contributed by atoms with Crippen LogP contribution in [0.2, 0.25) is 0 Å². The molecule has 0 unspecified atom stereocenters. The average molecular weight is 262 g/mol. The van der Waals surface area contributed by atoms with Crippen molar-refractivity contribution in [3.63, 3.8) is 0 Å². The number of amides is 2. The number of ether oxygens (including phenoxy) is 1. The van der Waals surface area contributed by atoms with E-state index in [1.165, 1.54) is 6.92 Å². The van der Waals surface area contributed by atoms with Gasteiger partial charge >= 0.3 is 6.09 Å². The van der Waals surface area contributed by atoms with Crippen LogP contribution in [0.15, 0.2) is 18.2 Å². The molecule has 1 heterocycles. The van der Waals surface area contributed by atoms with Crippen molar-refractivity contribution in [2.24, 2.45) is 0 Å². The van der Waals surface area contributed by atoms with Crippen LogP contribution in [0.1, 0.15) is 25.8 Å². The molecule has 1 aromatic rings. The van der Waals surface area contributed by atoms with Crippen LogP contribution in [0, 0.1) is 0 Å². The fraction of sp³-hybridized carbons (Fsp3) is 0.429.